The first-order chi connectivity index (χ1) is 10.1. The van der Waals surface area contributed by atoms with Crippen LogP contribution in [-0.2, 0) is 6.42 Å². The van der Waals surface area contributed by atoms with Gasteiger partial charge in [0.1, 0.15) is 0 Å². The minimum Gasteiger partial charge on any atom is -0.493 e. The number of aryl methyl sites for hydroxylation is 2. The van der Waals surface area contributed by atoms with E-state index >= 15 is 0 Å². The van der Waals surface area contributed by atoms with Gasteiger partial charge in [0.25, 0.3) is 0 Å². The van der Waals surface area contributed by atoms with Crippen molar-refractivity contribution >= 4 is 0 Å². The summed E-state index contributed by atoms with van der Waals surface area (Å²) in [6, 6.07) is 10.5. The van der Waals surface area contributed by atoms with E-state index in [4.69, 9.17) is 15.2 Å². The van der Waals surface area contributed by atoms with Crippen molar-refractivity contribution in [2.75, 3.05) is 20.8 Å². The summed E-state index contributed by atoms with van der Waals surface area (Å²) >= 11 is 0. The summed E-state index contributed by atoms with van der Waals surface area (Å²) in [5.74, 6) is 1.53. The Balaban J connectivity index is 2.67. The van der Waals surface area contributed by atoms with Gasteiger partial charge in [-0.15, -0.1) is 0 Å². The number of methoxy groups -OCH3 is 2. The second-order valence-corrected chi connectivity index (χ2v) is 5.18. The van der Waals surface area contributed by atoms with Crippen LogP contribution in [0.1, 0.15) is 16.7 Å². The molecule has 3 heteroatoms. The molecule has 0 aliphatic carbocycles. The lowest BCUT2D eigenvalue weighted by Crippen LogP contribution is -2.06. The molecule has 0 radical (unpaired) electrons. The maximum absolute atomic E-state index is 5.73. The van der Waals surface area contributed by atoms with Gasteiger partial charge in [0, 0.05) is 0 Å². The first-order valence-electron chi connectivity index (χ1n) is 7.14. The quantitative estimate of drug-likeness (QED) is 0.914. The van der Waals surface area contributed by atoms with Gasteiger partial charge in [-0.1, -0.05) is 18.2 Å². The van der Waals surface area contributed by atoms with E-state index in [1.54, 1.807) is 14.2 Å². The molecule has 0 saturated heterocycles. The van der Waals surface area contributed by atoms with Gasteiger partial charge in [-0.3, -0.25) is 0 Å². The Morgan fingerprint density at radius 2 is 1.67 bits per heavy atom. The Labute approximate surface area is 126 Å². The predicted octanol–water partition coefficient (Wildman–Crippen LogP) is 3.49. The van der Waals surface area contributed by atoms with Crippen LogP contribution in [0.3, 0.4) is 0 Å². The van der Waals surface area contributed by atoms with Crippen LogP contribution < -0.4 is 15.2 Å². The van der Waals surface area contributed by atoms with Gasteiger partial charge in [0.05, 0.1) is 14.2 Å². The van der Waals surface area contributed by atoms with E-state index in [1.165, 1.54) is 16.7 Å². The molecule has 2 N–H and O–H groups in total. The molecule has 2 aromatic rings. The molecule has 3 nitrogen and oxygen atoms in total. The van der Waals surface area contributed by atoms with Crippen LogP contribution in [0.25, 0.3) is 11.1 Å². The minimum absolute atomic E-state index is 0.579. The smallest absolute Gasteiger partial charge is 0.163 e. The molecule has 0 heterocycles. The van der Waals surface area contributed by atoms with Crippen LogP contribution in [-0.4, -0.2) is 20.8 Å². The predicted molar refractivity (Wildman–Crippen MR) is 87.2 cm³/mol. The van der Waals surface area contributed by atoms with Crippen molar-refractivity contribution in [1.82, 2.24) is 0 Å². The molecular formula is C18H23NO2. The molecular weight excluding hydrogens is 262 g/mol. The second-order valence-electron chi connectivity index (χ2n) is 5.18. The molecule has 0 unspecified atom stereocenters. The molecule has 2 rings (SSSR count). The lowest BCUT2D eigenvalue weighted by atomic mass is 9.93. The summed E-state index contributed by atoms with van der Waals surface area (Å²) in [5.41, 5.74) is 11.7. The average Bonchev–Trinajstić information content (AvgIpc) is 2.47. The SMILES string of the molecule is COc1cc(-c2c(C)cccc2C)cc(CCN)c1OC. The Kier molecular flexibility index (Phi) is 4.86. The molecule has 2 aromatic carbocycles. The van der Waals surface area contributed by atoms with E-state index in [9.17, 15) is 0 Å². The molecule has 0 spiro atoms. The average molecular weight is 285 g/mol. The first kappa shape index (κ1) is 15.4. The molecule has 0 bridgehead atoms. The molecule has 21 heavy (non-hydrogen) atoms. The maximum atomic E-state index is 5.73. The third-order valence-electron chi connectivity index (χ3n) is 3.74. The number of nitrogens with two attached hydrogens (primary N) is 1. The standard InChI is InChI=1S/C18H23NO2/c1-12-6-5-7-13(2)17(12)15-10-14(8-9-19)18(21-4)16(11-15)20-3/h5-7,10-11H,8-9,19H2,1-4H3. The Hall–Kier alpha value is -2.00. The van der Waals surface area contributed by atoms with Crippen molar-refractivity contribution in [2.24, 2.45) is 5.73 Å². The zero-order valence-corrected chi connectivity index (χ0v) is 13.2. The third kappa shape index (κ3) is 3.03. The number of rotatable bonds is 5. The van der Waals surface area contributed by atoms with Crippen LogP contribution >= 0.6 is 0 Å². The summed E-state index contributed by atoms with van der Waals surface area (Å²) < 4.78 is 11.0. The second kappa shape index (κ2) is 6.64. The molecule has 0 atom stereocenters. The molecule has 0 aliphatic rings. The molecule has 0 fully saturated rings. The monoisotopic (exact) mass is 285 g/mol. The highest BCUT2D eigenvalue weighted by atomic mass is 16.5. The van der Waals surface area contributed by atoms with Gasteiger partial charge in [0.15, 0.2) is 11.5 Å². The lowest BCUT2D eigenvalue weighted by molar-refractivity contribution is 0.352. The topological polar surface area (TPSA) is 44.5 Å². The van der Waals surface area contributed by atoms with E-state index in [-0.39, 0.29) is 0 Å². The highest BCUT2D eigenvalue weighted by Gasteiger charge is 2.15. The normalized spacial score (nSPS) is 10.5. The van der Waals surface area contributed by atoms with Crippen LogP contribution in [0.2, 0.25) is 0 Å². The van der Waals surface area contributed by atoms with Crippen molar-refractivity contribution in [2.45, 2.75) is 20.3 Å². The molecule has 0 saturated carbocycles. The van der Waals surface area contributed by atoms with Crippen molar-refractivity contribution < 1.29 is 9.47 Å². The van der Waals surface area contributed by atoms with Gasteiger partial charge >= 0.3 is 0 Å². The number of hydrogen-bond acceptors (Lipinski definition) is 3. The van der Waals surface area contributed by atoms with Crippen molar-refractivity contribution in [3.8, 4) is 22.6 Å². The Morgan fingerprint density at radius 1 is 1.00 bits per heavy atom. The lowest BCUT2D eigenvalue weighted by Gasteiger charge is -2.17. The van der Waals surface area contributed by atoms with E-state index in [0.29, 0.717) is 6.54 Å². The van der Waals surface area contributed by atoms with Crippen molar-refractivity contribution in [1.29, 1.82) is 0 Å². The zero-order chi connectivity index (χ0) is 15.4. The van der Waals surface area contributed by atoms with Crippen molar-refractivity contribution in [3.05, 3.63) is 47.0 Å². The molecule has 112 valence electrons. The number of hydrogen-bond donors (Lipinski definition) is 1. The fourth-order valence-corrected chi connectivity index (χ4v) is 2.80. The van der Waals surface area contributed by atoms with E-state index in [2.05, 4.69) is 38.1 Å². The van der Waals surface area contributed by atoms with Gasteiger partial charge in [-0.25, -0.2) is 0 Å². The fraction of sp³-hybridized carbons (Fsp3) is 0.333. The molecule has 0 aromatic heterocycles. The maximum Gasteiger partial charge on any atom is 0.163 e. The van der Waals surface area contributed by atoms with Gasteiger partial charge in [0.2, 0.25) is 0 Å². The largest absolute Gasteiger partial charge is 0.493 e. The summed E-state index contributed by atoms with van der Waals surface area (Å²) in [6.07, 6.45) is 0.762. The van der Waals surface area contributed by atoms with E-state index < -0.39 is 0 Å². The van der Waals surface area contributed by atoms with Crippen LogP contribution in [0.15, 0.2) is 30.3 Å². The Morgan fingerprint density at radius 3 is 2.19 bits per heavy atom. The van der Waals surface area contributed by atoms with E-state index in [1.807, 2.05) is 6.07 Å². The fourth-order valence-electron chi connectivity index (χ4n) is 2.80. The first-order valence-corrected chi connectivity index (χ1v) is 7.14. The highest BCUT2D eigenvalue weighted by Crippen LogP contribution is 2.38. The van der Waals surface area contributed by atoms with E-state index in [0.717, 1.165) is 29.0 Å². The highest BCUT2D eigenvalue weighted by molar-refractivity contribution is 5.74. The zero-order valence-electron chi connectivity index (χ0n) is 13.2. The van der Waals surface area contributed by atoms with Gasteiger partial charge < -0.3 is 15.2 Å². The van der Waals surface area contributed by atoms with Gasteiger partial charge in [-0.2, -0.15) is 0 Å². The summed E-state index contributed by atoms with van der Waals surface area (Å²) in [6.45, 7) is 4.83. The van der Waals surface area contributed by atoms with Crippen molar-refractivity contribution in [3.63, 3.8) is 0 Å². The van der Waals surface area contributed by atoms with Crippen LogP contribution in [0.4, 0.5) is 0 Å². The molecule has 0 amide bonds. The molecule has 0 aliphatic heterocycles. The van der Waals surface area contributed by atoms with Gasteiger partial charge in [-0.05, 0) is 66.8 Å². The summed E-state index contributed by atoms with van der Waals surface area (Å²) in [7, 11) is 3.33. The Bertz CT molecular complexity index is 615. The minimum atomic E-state index is 0.579. The van der Waals surface area contributed by atoms with Crippen LogP contribution in [0, 0.1) is 13.8 Å². The third-order valence-corrected chi connectivity index (χ3v) is 3.74. The number of ether oxygens (including phenoxy) is 2. The number of benzene rings is 2. The summed E-state index contributed by atoms with van der Waals surface area (Å²) in [4.78, 5) is 0. The van der Waals surface area contributed by atoms with Crippen LogP contribution in [0.5, 0.6) is 11.5 Å². The summed E-state index contributed by atoms with van der Waals surface area (Å²) in [5, 5.41) is 0.